The highest BCUT2D eigenvalue weighted by atomic mass is 79.9. The molecule has 20 heavy (non-hydrogen) atoms. The lowest BCUT2D eigenvalue weighted by atomic mass is 10.0. The highest BCUT2D eigenvalue weighted by Crippen LogP contribution is 2.26. The molecule has 2 unspecified atom stereocenters. The van der Waals surface area contributed by atoms with E-state index in [9.17, 15) is 0 Å². The first kappa shape index (κ1) is 13.4. The molecule has 0 saturated heterocycles. The summed E-state index contributed by atoms with van der Waals surface area (Å²) in [6.07, 6.45) is 10.0. The van der Waals surface area contributed by atoms with Crippen molar-refractivity contribution < 1.29 is 0 Å². The maximum absolute atomic E-state index is 4.73. The van der Waals surface area contributed by atoms with E-state index in [4.69, 9.17) is 5.10 Å². The van der Waals surface area contributed by atoms with Crippen LogP contribution in [0.2, 0.25) is 0 Å². The fourth-order valence-corrected chi connectivity index (χ4v) is 2.92. The SMILES string of the molecule is CC1N(C)N=C(c2ccc(Br)cc2)N1C1C=CC=CC1. The van der Waals surface area contributed by atoms with Crippen LogP contribution >= 0.6 is 15.9 Å². The van der Waals surface area contributed by atoms with Crippen molar-refractivity contribution in [2.45, 2.75) is 25.6 Å². The summed E-state index contributed by atoms with van der Waals surface area (Å²) in [5.41, 5.74) is 1.16. The molecule has 1 heterocycles. The number of hydrogen-bond donors (Lipinski definition) is 0. The average Bonchev–Trinajstić information content (AvgIpc) is 2.77. The van der Waals surface area contributed by atoms with E-state index in [0.717, 1.165) is 22.3 Å². The van der Waals surface area contributed by atoms with Gasteiger partial charge in [-0.2, -0.15) is 5.10 Å². The van der Waals surface area contributed by atoms with E-state index < -0.39 is 0 Å². The van der Waals surface area contributed by atoms with E-state index in [-0.39, 0.29) is 6.17 Å². The maximum Gasteiger partial charge on any atom is 0.158 e. The van der Waals surface area contributed by atoms with Crippen molar-refractivity contribution in [1.82, 2.24) is 9.91 Å². The fraction of sp³-hybridized carbons (Fsp3) is 0.312. The Morgan fingerprint density at radius 3 is 2.60 bits per heavy atom. The Kier molecular flexibility index (Phi) is 3.66. The summed E-state index contributed by atoms with van der Waals surface area (Å²) in [4.78, 5) is 2.39. The number of rotatable bonds is 2. The number of benzene rings is 1. The number of hydrazone groups is 1. The largest absolute Gasteiger partial charge is 0.326 e. The van der Waals surface area contributed by atoms with E-state index in [1.807, 2.05) is 12.1 Å². The molecule has 2 aliphatic rings. The second-order valence-electron chi connectivity index (χ2n) is 5.16. The molecule has 1 aliphatic carbocycles. The van der Waals surface area contributed by atoms with Gasteiger partial charge in [-0.3, -0.25) is 5.01 Å². The van der Waals surface area contributed by atoms with Crippen LogP contribution in [0.15, 0.2) is 58.1 Å². The molecule has 0 spiro atoms. The second kappa shape index (κ2) is 5.44. The molecule has 1 aromatic carbocycles. The van der Waals surface area contributed by atoms with Gasteiger partial charge in [0.2, 0.25) is 0 Å². The zero-order valence-corrected chi connectivity index (χ0v) is 13.3. The first-order valence-corrected chi connectivity index (χ1v) is 7.65. The molecule has 4 heteroatoms. The Bertz CT molecular complexity index is 574. The predicted octanol–water partition coefficient (Wildman–Crippen LogP) is 3.59. The lowest BCUT2D eigenvalue weighted by Gasteiger charge is -2.33. The van der Waals surface area contributed by atoms with E-state index in [2.05, 4.69) is 76.3 Å². The van der Waals surface area contributed by atoms with Crippen LogP contribution in [-0.4, -0.2) is 35.0 Å². The lowest BCUT2D eigenvalue weighted by molar-refractivity contribution is 0.157. The second-order valence-corrected chi connectivity index (χ2v) is 6.08. The van der Waals surface area contributed by atoms with Crippen molar-refractivity contribution in [1.29, 1.82) is 0 Å². The molecule has 2 atom stereocenters. The summed E-state index contributed by atoms with van der Waals surface area (Å²) in [5, 5.41) is 6.76. The molecule has 0 fully saturated rings. The molecule has 0 N–H and O–H groups in total. The van der Waals surface area contributed by atoms with Crippen LogP contribution in [0.4, 0.5) is 0 Å². The quantitative estimate of drug-likeness (QED) is 0.824. The van der Waals surface area contributed by atoms with Crippen LogP contribution in [0.25, 0.3) is 0 Å². The van der Waals surface area contributed by atoms with Crippen LogP contribution in [0.3, 0.4) is 0 Å². The van der Waals surface area contributed by atoms with Crippen LogP contribution in [0.1, 0.15) is 18.9 Å². The van der Waals surface area contributed by atoms with Crippen molar-refractivity contribution >= 4 is 21.8 Å². The number of nitrogens with zero attached hydrogens (tertiary/aromatic N) is 3. The summed E-state index contributed by atoms with van der Waals surface area (Å²) < 4.78 is 1.09. The third-order valence-electron chi connectivity index (χ3n) is 3.86. The smallest absolute Gasteiger partial charge is 0.158 e. The Balaban J connectivity index is 1.94. The first-order chi connectivity index (χ1) is 9.66. The summed E-state index contributed by atoms with van der Waals surface area (Å²) >= 11 is 3.49. The van der Waals surface area contributed by atoms with Crippen LogP contribution in [-0.2, 0) is 0 Å². The third kappa shape index (κ3) is 2.40. The van der Waals surface area contributed by atoms with Gasteiger partial charge in [-0.05, 0) is 25.5 Å². The Morgan fingerprint density at radius 1 is 1.20 bits per heavy atom. The number of amidine groups is 1. The standard InChI is InChI=1S/C16H18BrN3/c1-12-19(2)18-16(13-8-10-14(17)11-9-13)20(12)15-6-4-3-5-7-15/h3-6,8-12,15H,7H2,1-2H3. The van der Waals surface area contributed by atoms with Gasteiger partial charge in [0.25, 0.3) is 0 Å². The van der Waals surface area contributed by atoms with Crippen LogP contribution in [0, 0.1) is 0 Å². The number of hydrogen-bond acceptors (Lipinski definition) is 3. The average molecular weight is 332 g/mol. The van der Waals surface area contributed by atoms with E-state index in [0.29, 0.717) is 6.04 Å². The predicted molar refractivity (Wildman–Crippen MR) is 86.4 cm³/mol. The zero-order valence-electron chi connectivity index (χ0n) is 11.7. The molecule has 0 bridgehead atoms. The zero-order chi connectivity index (χ0) is 14.1. The Morgan fingerprint density at radius 2 is 1.95 bits per heavy atom. The molecule has 1 aromatic rings. The number of allylic oxidation sites excluding steroid dienone is 2. The van der Waals surface area contributed by atoms with E-state index >= 15 is 0 Å². The highest BCUT2D eigenvalue weighted by molar-refractivity contribution is 9.10. The molecular weight excluding hydrogens is 314 g/mol. The highest BCUT2D eigenvalue weighted by Gasteiger charge is 2.33. The minimum Gasteiger partial charge on any atom is -0.326 e. The van der Waals surface area contributed by atoms with Gasteiger partial charge in [0.15, 0.2) is 5.84 Å². The van der Waals surface area contributed by atoms with Crippen LogP contribution in [0.5, 0.6) is 0 Å². The van der Waals surface area contributed by atoms with Gasteiger partial charge >= 0.3 is 0 Å². The van der Waals surface area contributed by atoms with Gasteiger partial charge in [0.05, 0.1) is 6.04 Å². The van der Waals surface area contributed by atoms with Gasteiger partial charge < -0.3 is 4.90 Å². The first-order valence-electron chi connectivity index (χ1n) is 6.86. The van der Waals surface area contributed by atoms with Crippen molar-refractivity contribution in [3.05, 3.63) is 58.6 Å². The monoisotopic (exact) mass is 331 g/mol. The summed E-state index contributed by atoms with van der Waals surface area (Å²) in [7, 11) is 2.03. The minimum atomic E-state index is 0.273. The van der Waals surface area contributed by atoms with Crippen molar-refractivity contribution in [2.75, 3.05) is 7.05 Å². The molecule has 0 aromatic heterocycles. The molecule has 104 valence electrons. The Hall–Kier alpha value is -1.55. The molecule has 0 amide bonds. The van der Waals surface area contributed by atoms with E-state index in [1.54, 1.807) is 0 Å². The molecule has 0 saturated carbocycles. The normalized spacial score (nSPS) is 25.2. The summed E-state index contributed by atoms with van der Waals surface area (Å²) in [6, 6.07) is 8.74. The summed E-state index contributed by atoms with van der Waals surface area (Å²) in [6.45, 7) is 2.20. The topological polar surface area (TPSA) is 18.8 Å². The summed E-state index contributed by atoms with van der Waals surface area (Å²) in [5.74, 6) is 1.05. The lowest BCUT2D eigenvalue weighted by Crippen LogP contribution is -2.45. The van der Waals surface area contributed by atoms with E-state index in [1.165, 1.54) is 0 Å². The van der Waals surface area contributed by atoms with Gasteiger partial charge in [-0.25, -0.2) is 0 Å². The molecule has 3 nitrogen and oxygen atoms in total. The van der Waals surface area contributed by atoms with Crippen molar-refractivity contribution in [3.8, 4) is 0 Å². The molecule has 1 aliphatic heterocycles. The third-order valence-corrected chi connectivity index (χ3v) is 4.39. The fourth-order valence-electron chi connectivity index (χ4n) is 2.66. The van der Waals surface area contributed by atoms with Gasteiger partial charge in [-0.15, -0.1) is 0 Å². The van der Waals surface area contributed by atoms with Crippen LogP contribution < -0.4 is 0 Å². The van der Waals surface area contributed by atoms with Crippen molar-refractivity contribution in [2.24, 2.45) is 5.10 Å². The number of halogens is 1. The molecule has 0 radical (unpaired) electrons. The van der Waals surface area contributed by atoms with Crippen molar-refractivity contribution in [3.63, 3.8) is 0 Å². The Labute approximate surface area is 128 Å². The molecule has 3 rings (SSSR count). The van der Waals surface area contributed by atoms with Gasteiger partial charge in [-0.1, -0.05) is 52.4 Å². The minimum absolute atomic E-state index is 0.273. The van der Waals surface area contributed by atoms with Gasteiger partial charge in [0, 0.05) is 17.1 Å². The molecular formula is C16H18BrN3. The maximum atomic E-state index is 4.73. The van der Waals surface area contributed by atoms with Gasteiger partial charge in [0.1, 0.15) is 6.17 Å².